The zero-order valence-corrected chi connectivity index (χ0v) is 20.4. The molecular formula is C28H34N2O5. The number of fused-ring (bicyclic) bond motifs is 1. The van der Waals surface area contributed by atoms with Gasteiger partial charge in [-0.3, -0.25) is 4.79 Å². The van der Waals surface area contributed by atoms with Crippen LogP contribution in [0.15, 0.2) is 48.5 Å². The lowest BCUT2D eigenvalue weighted by molar-refractivity contribution is -0.117. The average molecular weight is 479 g/mol. The molecule has 2 aromatic carbocycles. The summed E-state index contributed by atoms with van der Waals surface area (Å²) in [7, 11) is 0. The van der Waals surface area contributed by atoms with E-state index in [2.05, 4.69) is 12.2 Å². The van der Waals surface area contributed by atoms with Gasteiger partial charge in [-0.25, -0.2) is 4.79 Å². The van der Waals surface area contributed by atoms with Gasteiger partial charge in [0.05, 0.1) is 19.3 Å². The molecule has 2 heterocycles. The fourth-order valence-corrected chi connectivity index (χ4v) is 5.50. The van der Waals surface area contributed by atoms with Crippen molar-refractivity contribution < 1.29 is 23.8 Å². The monoisotopic (exact) mass is 478 g/mol. The Bertz CT molecular complexity index is 1050. The fourth-order valence-electron chi connectivity index (χ4n) is 5.50. The largest absolute Gasteiger partial charge is 0.490 e. The average Bonchev–Trinajstić information content (AvgIpc) is 3.70. The summed E-state index contributed by atoms with van der Waals surface area (Å²) in [6.45, 7) is 5.35. The fraction of sp³-hybridized carbons (Fsp3) is 0.500. The minimum atomic E-state index is -0.460. The summed E-state index contributed by atoms with van der Waals surface area (Å²) in [6.07, 6.45) is 3.55. The van der Waals surface area contributed by atoms with E-state index < -0.39 is 6.09 Å². The van der Waals surface area contributed by atoms with Crippen LogP contribution in [-0.2, 0) is 20.9 Å². The molecule has 7 nitrogen and oxygen atoms in total. The zero-order valence-electron chi connectivity index (χ0n) is 20.4. The van der Waals surface area contributed by atoms with Gasteiger partial charge in [-0.15, -0.1) is 0 Å². The van der Waals surface area contributed by atoms with Crippen molar-refractivity contribution >= 4 is 17.7 Å². The van der Waals surface area contributed by atoms with E-state index in [4.69, 9.17) is 14.2 Å². The van der Waals surface area contributed by atoms with Crippen molar-refractivity contribution in [1.29, 1.82) is 0 Å². The van der Waals surface area contributed by atoms with Gasteiger partial charge in [0, 0.05) is 43.0 Å². The van der Waals surface area contributed by atoms with Crippen LogP contribution in [0, 0.1) is 11.8 Å². The Balaban J connectivity index is 1.41. The first-order valence-electron chi connectivity index (χ1n) is 12.7. The van der Waals surface area contributed by atoms with Crippen LogP contribution in [0.25, 0.3) is 0 Å². The molecule has 2 aliphatic heterocycles. The predicted molar refractivity (Wildman–Crippen MR) is 132 cm³/mol. The minimum Gasteiger partial charge on any atom is -0.490 e. The molecule has 0 aromatic heterocycles. The van der Waals surface area contributed by atoms with Gasteiger partial charge in [0.1, 0.15) is 18.5 Å². The Morgan fingerprint density at radius 3 is 2.49 bits per heavy atom. The quantitative estimate of drug-likeness (QED) is 0.633. The smallest absolute Gasteiger partial charge is 0.407 e. The lowest BCUT2D eigenvalue weighted by Gasteiger charge is -2.45. The first-order valence-corrected chi connectivity index (χ1v) is 12.7. The molecule has 1 saturated heterocycles. The summed E-state index contributed by atoms with van der Waals surface area (Å²) < 4.78 is 17.3. The van der Waals surface area contributed by atoms with E-state index in [1.807, 2.05) is 53.4 Å². The van der Waals surface area contributed by atoms with E-state index in [0.717, 1.165) is 48.2 Å². The van der Waals surface area contributed by atoms with E-state index in [1.165, 1.54) is 0 Å². The third-order valence-electron chi connectivity index (χ3n) is 7.36. The second kappa shape index (κ2) is 10.3. The predicted octanol–water partition coefficient (Wildman–Crippen LogP) is 4.99. The Kier molecular flexibility index (Phi) is 6.95. The molecule has 0 spiro atoms. The summed E-state index contributed by atoms with van der Waals surface area (Å²) in [4.78, 5) is 27.6. The Hall–Kier alpha value is -3.06. The van der Waals surface area contributed by atoms with E-state index >= 15 is 0 Å². The Morgan fingerprint density at radius 1 is 1.06 bits per heavy atom. The Labute approximate surface area is 206 Å². The van der Waals surface area contributed by atoms with E-state index in [-0.39, 0.29) is 36.6 Å². The lowest BCUT2D eigenvalue weighted by Crippen LogP contribution is -2.53. The van der Waals surface area contributed by atoms with Crippen molar-refractivity contribution in [3.05, 3.63) is 59.7 Å². The zero-order chi connectivity index (χ0) is 24.4. The molecule has 1 N–H and O–H groups in total. The van der Waals surface area contributed by atoms with Crippen molar-refractivity contribution in [2.45, 2.75) is 64.3 Å². The van der Waals surface area contributed by atoms with Gasteiger partial charge in [0.25, 0.3) is 0 Å². The number of ether oxygens (including phenoxy) is 3. The van der Waals surface area contributed by atoms with Gasteiger partial charge in [0.2, 0.25) is 5.91 Å². The molecule has 3 aliphatic rings. The van der Waals surface area contributed by atoms with Crippen LogP contribution in [-0.4, -0.2) is 37.4 Å². The molecule has 2 fully saturated rings. The summed E-state index contributed by atoms with van der Waals surface area (Å²) in [5, 5.41) is 3.12. The second-order valence-corrected chi connectivity index (χ2v) is 9.91. The third-order valence-corrected chi connectivity index (χ3v) is 7.36. The molecule has 7 heteroatoms. The molecule has 3 atom stereocenters. The number of hydrogen-bond acceptors (Lipinski definition) is 5. The van der Waals surface area contributed by atoms with Gasteiger partial charge >= 0.3 is 6.09 Å². The van der Waals surface area contributed by atoms with Gasteiger partial charge < -0.3 is 24.4 Å². The highest BCUT2D eigenvalue weighted by atomic mass is 16.5. The van der Waals surface area contributed by atoms with Crippen LogP contribution in [0.2, 0.25) is 0 Å². The van der Waals surface area contributed by atoms with Crippen molar-refractivity contribution in [2.24, 2.45) is 11.8 Å². The highest BCUT2D eigenvalue weighted by molar-refractivity contribution is 5.94. The maximum Gasteiger partial charge on any atom is 0.407 e. The van der Waals surface area contributed by atoms with Crippen LogP contribution < -0.4 is 15.0 Å². The van der Waals surface area contributed by atoms with Gasteiger partial charge in [0.15, 0.2) is 0 Å². The molecular weight excluding hydrogens is 444 g/mol. The maximum atomic E-state index is 12.9. The maximum absolute atomic E-state index is 12.9. The van der Waals surface area contributed by atoms with Crippen molar-refractivity contribution in [1.82, 2.24) is 5.32 Å². The summed E-state index contributed by atoms with van der Waals surface area (Å²) >= 11 is 0. The summed E-state index contributed by atoms with van der Waals surface area (Å²) in [6, 6.07) is 15.3. The standard InChI is InChI=1S/C28H34N2O5/c1-18-26(29-28(32)34-17-20-6-4-3-5-7-20)24-16-23(35-22-12-14-33-15-13-22)10-11-25(24)30(19(2)31)27(18)21-8-9-21/h3-7,10-11,16,18,21-22,26-27H,8-9,12-15,17H2,1-2H3,(H,29,32)/t18-,26-,27-/m1/s1. The number of benzene rings is 2. The van der Waals surface area contributed by atoms with Crippen molar-refractivity contribution in [3.63, 3.8) is 0 Å². The molecule has 1 saturated carbocycles. The number of amides is 2. The number of hydrogen-bond donors (Lipinski definition) is 1. The SMILES string of the molecule is CC(=O)N1c2ccc(OC3CCOCC3)cc2[C@H](NC(=O)OCc2ccccc2)[C@@H](C)[C@@H]1C1CC1. The molecule has 0 unspecified atom stereocenters. The van der Waals surface area contributed by atoms with Crippen LogP contribution in [0.3, 0.4) is 0 Å². The molecule has 0 radical (unpaired) electrons. The highest BCUT2D eigenvalue weighted by Gasteiger charge is 2.48. The van der Waals surface area contributed by atoms with E-state index in [9.17, 15) is 9.59 Å². The first-order chi connectivity index (χ1) is 17.0. The number of anilines is 1. The summed E-state index contributed by atoms with van der Waals surface area (Å²) in [5.41, 5.74) is 2.68. The minimum absolute atomic E-state index is 0.0261. The molecule has 5 rings (SSSR count). The van der Waals surface area contributed by atoms with Gasteiger partial charge in [-0.05, 0) is 42.5 Å². The highest BCUT2D eigenvalue weighted by Crippen LogP contribution is 2.50. The van der Waals surface area contributed by atoms with Crippen LogP contribution >= 0.6 is 0 Å². The van der Waals surface area contributed by atoms with Gasteiger partial charge in [-0.1, -0.05) is 37.3 Å². The van der Waals surface area contributed by atoms with Crippen molar-refractivity contribution in [2.75, 3.05) is 18.1 Å². The molecule has 186 valence electrons. The number of rotatable bonds is 6. The van der Waals surface area contributed by atoms with Gasteiger partial charge in [-0.2, -0.15) is 0 Å². The molecule has 35 heavy (non-hydrogen) atoms. The summed E-state index contributed by atoms with van der Waals surface area (Å²) in [5.74, 6) is 1.25. The molecule has 2 amide bonds. The number of alkyl carbamates (subject to hydrolysis) is 1. The first kappa shape index (κ1) is 23.7. The molecule has 2 aromatic rings. The normalized spacial score (nSPS) is 24.4. The number of nitrogens with zero attached hydrogens (tertiary/aromatic N) is 1. The second-order valence-electron chi connectivity index (χ2n) is 9.91. The van der Waals surface area contributed by atoms with Crippen molar-refractivity contribution in [3.8, 4) is 5.75 Å². The van der Waals surface area contributed by atoms with Crippen LogP contribution in [0.4, 0.5) is 10.5 Å². The lowest BCUT2D eigenvalue weighted by atomic mass is 9.80. The third kappa shape index (κ3) is 5.30. The Morgan fingerprint density at radius 2 is 1.80 bits per heavy atom. The van der Waals surface area contributed by atoms with E-state index in [0.29, 0.717) is 19.1 Å². The van der Waals surface area contributed by atoms with E-state index in [1.54, 1.807) is 6.92 Å². The molecule has 0 bridgehead atoms. The molecule has 1 aliphatic carbocycles. The number of carbonyl (C=O) groups excluding carboxylic acids is 2. The number of nitrogens with one attached hydrogen (secondary N) is 1. The number of carbonyl (C=O) groups is 2. The topological polar surface area (TPSA) is 77.1 Å². The van der Waals surface area contributed by atoms with Crippen LogP contribution in [0.5, 0.6) is 5.75 Å². The van der Waals surface area contributed by atoms with Crippen LogP contribution in [0.1, 0.15) is 56.7 Å².